The average Bonchev–Trinajstić information content (AvgIpc) is 2.01. The Bertz CT molecular complexity index is 429. The first-order valence-corrected chi connectivity index (χ1v) is 3.28. The molecule has 0 aliphatic rings. The number of H-pyrrole nitrogens is 1. The summed E-state index contributed by atoms with van der Waals surface area (Å²) in [5, 5.41) is 10.2. The molecule has 0 bridgehead atoms. The monoisotopic (exact) mass is 208 g/mol. The van der Waals surface area contributed by atoms with E-state index in [0.29, 0.717) is 6.07 Å². The summed E-state index contributed by atoms with van der Waals surface area (Å²) in [7, 11) is 0. The molecule has 0 fully saturated rings. The molecular weight excluding hydrogens is 205 g/mol. The fourth-order valence-corrected chi connectivity index (χ4v) is 0.892. The van der Waals surface area contributed by atoms with Gasteiger partial charge in [0.05, 0.1) is 4.92 Å². The Kier molecular flexibility index (Phi) is 2.54. The molecule has 1 N–H and O–H groups in total. The highest BCUT2D eigenvalue weighted by molar-refractivity contribution is 5.38. The summed E-state index contributed by atoms with van der Waals surface area (Å²) in [6, 6.07) is 0.297. The number of alkyl halides is 2. The average molecular weight is 208 g/mol. The molecule has 0 unspecified atom stereocenters. The van der Waals surface area contributed by atoms with Crippen LogP contribution in [0.5, 0.6) is 0 Å². The van der Waals surface area contributed by atoms with Crippen molar-refractivity contribution in [2.75, 3.05) is 0 Å². The van der Waals surface area contributed by atoms with Gasteiger partial charge in [-0.05, 0) is 0 Å². The molecule has 1 aromatic heterocycles. The lowest BCUT2D eigenvalue weighted by Gasteiger charge is -2.00. The Balaban J connectivity index is 3.52. The fourth-order valence-electron chi connectivity index (χ4n) is 0.892. The molecule has 0 aliphatic carbocycles. The van der Waals surface area contributed by atoms with Gasteiger partial charge in [0.1, 0.15) is 5.56 Å². The van der Waals surface area contributed by atoms with E-state index in [1.807, 2.05) is 0 Å². The highest BCUT2D eigenvalue weighted by atomic mass is 19.3. The maximum Gasteiger partial charge on any atom is 0.331 e. The molecule has 0 amide bonds. The van der Waals surface area contributed by atoms with Crippen LogP contribution >= 0.6 is 0 Å². The lowest BCUT2D eigenvalue weighted by Crippen LogP contribution is -2.12. The molecule has 0 atom stereocenters. The van der Waals surface area contributed by atoms with Gasteiger partial charge in [0.25, 0.3) is 17.9 Å². The third kappa shape index (κ3) is 1.73. The first kappa shape index (κ1) is 10.2. The molecule has 1 rings (SSSR count). The maximum atomic E-state index is 12.7. The summed E-state index contributed by atoms with van der Waals surface area (Å²) in [5.41, 5.74) is -3.78. The van der Waals surface area contributed by atoms with Crippen LogP contribution in [-0.4, -0.2) is 9.91 Å². The quantitative estimate of drug-likeness (QED) is 0.452. The van der Waals surface area contributed by atoms with Gasteiger partial charge in [0.2, 0.25) is 0 Å². The van der Waals surface area contributed by atoms with Gasteiger partial charge >= 0.3 is 5.69 Å². The highest BCUT2D eigenvalue weighted by Crippen LogP contribution is 2.28. The van der Waals surface area contributed by atoms with E-state index in [1.54, 1.807) is 0 Å². The minimum atomic E-state index is -3.27. The number of rotatable bonds is 2. The Hall–Kier alpha value is -1.86. The van der Waals surface area contributed by atoms with Crippen molar-refractivity contribution in [2.24, 2.45) is 0 Å². The molecule has 0 aliphatic heterocycles. The smallest absolute Gasteiger partial charge is 0.293 e. The van der Waals surface area contributed by atoms with E-state index in [-0.39, 0.29) is 0 Å². The zero-order valence-electron chi connectivity index (χ0n) is 6.46. The van der Waals surface area contributed by atoms with Crippen molar-refractivity contribution in [1.29, 1.82) is 0 Å². The SMILES string of the molecule is O=c1cc(C(F)F)c([N+](=O)[O-])c(F)[nH]1. The zero-order valence-corrected chi connectivity index (χ0v) is 6.46. The number of hydrogen-bond acceptors (Lipinski definition) is 3. The van der Waals surface area contributed by atoms with Gasteiger partial charge in [-0.3, -0.25) is 19.9 Å². The van der Waals surface area contributed by atoms with E-state index >= 15 is 0 Å². The van der Waals surface area contributed by atoms with Gasteiger partial charge in [-0.15, -0.1) is 0 Å². The van der Waals surface area contributed by atoms with Gasteiger partial charge in [0.15, 0.2) is 0 Å². The molecule has 1 heterocycles. The van der Waals surface area contributed by atoms with Crippen LogP contribution in [-0.2, 0) is 0 Å². The Morgan fingerprint density at radius 2 is 2.07 bits per heavy atom. The second-order valence-electron chi connectivity index (χ2n) is 2.31. The van der Waals surface area contributed by atoms with Crippen LogP contribution in [0.3, 0.4) is 0 Å². The summed E-state index contributed by atoms with van der Waals surface area (Å²) in [4.78, 5) is 20.8. The largest absolute Gasteiger partial charge is 0.331 e. The molecule has 14 heavy (non-hydrogen) atoms. The molecule has 5 nitrogen and oxygen atoms in total. The number of pyridine rings is 1. The van der Waals surface area contributed by atoms with Crippen LogP contribution in [0.1, 0.15) is 12.0 Å². The van der Waals surface area contributed by atoms with E-state index in [2.05, 4.69) is 0 Å². The van der Waals surface area contributed by atoms with E-state index in [0.717, 1.165) is 0 Å². The van der Waals surface area contributed by atoms with Crippen molar-refractivity contribution in [2.45, 2.75) is 6.43 Å². The van der Waals surface area contributed by atoms with Crippen molar-refractivity contribution in [1.82, 2.24) is 4.98 Å². The second kappa shape index (κ2) is 3.48. The van der Waals surface area contributed by atoms with Crippen LogP contribution in [0.4, 0.5) is 18.9 Å². The number of hydrogen-bond donors (Lipinski definition) is 1. The van der Waals surface area contributed by atoms with Gasteiger partial charge in [-0.25, -0.2) is 8.78 Å². The van der Waals surface area contributed by atoms with E-state index < -0.39 is 34.1 Å². The summed E-state index contributed by atoms with van der Waals surface area (Å²) < 4.78 is 36.9. The lowest BCUT2D eigenvalue weighted by atomic mass is 10.2. The van der Waals surface area contributed by atoms with Crippen molar-refractivity contribution in [3.8, 4) is 0 Å². The molecule has 0 radical (unpaired) electrons. The minimum Gasteiger partial charge on any atom is -0.293 e. The minimum absolute atomic E-state index is 0.297. The van der Waals surface area contributed by atoms with Crippen molar-refractivity contribution >= 4 is 5.69 Å². The molecule has 0 saturated carbocycles. The zero-order chi connectivity index (χ0) is 10.9. The Morgan fingerprint density at radius 3 is 2.50 bits per heavy atom. The van der Waals surface area contributed by atoms with Gasteiger partial charge in [-0.1, -0.05) is 0 Å². The van der Waals surface area contributed by atoms with Crippen LogP contribution in [0.25, 0.3) is 0 Å². The molecule has 8 heteroatoms. The molecule has 76 valence electrons. The van der Waals surface area contributed by atoms with Crippen LogP contribution in [0.2, 0.25) is 0 Å². The number of aromatic nitrogens is 1. The van der Waals surface area contributed by atoms with Gasteiger partial charge in [0, 0.05) is 6.07 Å². The lowest BCUT2D eigenvalue weighted by molar-refractivity contribution is -0.389. The Morgan fingerprint density at radius 1 is 1.50 bits per heavy atom. The van der Waals surface area contributed by atoms with E-state index in [9.17, 15) is 28.1 Å². The second-order valence-corrected chi connectivity index (χ2v) is 2.31. The van der Waals surface area contributed by atoms with E-state index in [4.69, 9.17) is 0 Å². The van der Waals surface area contributed by atoms with Gasteiger partial charge < -0.3 is 0 Å². The fraction of sp³-hybridized carbons (Fsp3) is 0.167. The van der Waals surface area contributed by atoms with E-state index in [1.165, 1.54) is 4.98 Å². The van der Waals surface area contributed by atoms with Gasteiger partial charge in [-0.2, -0.15) is 4.39 Å². The summed E-state index contributed by atoms with van der Waals surface area (Å²) in [6.45, 7) is 0. The molecule has 0 spiro atoms. The standard InChI is InChI=1S/C6H3F3N2O3/c7-5(8)2-1-3(12)10-6(9)4(2)11(13)14/h1,5H,(H,10,12). The normalized spacial score (nSPS) is 10.6. The van der Waals surface area contributed by atoms with Crippen LogP contribution < -0.4 is 5.56 Å². The first-order chi connectivity index (χ1) is 6.43. The van der Waals surface area contributed by atoms with Crippen LogP contribution in [0, 0.1) is 16.1 Å². The van der Waals surface area contributed by atoms with Crippen molar-refractivity contribution in [3.05, 3.63) is 38.0 Å². The van der Waals surface area contributed by atoms with Crippen molar-refractivity contribution < 1.29 is 18.1 Å². The van der Waals surface area contributed by atoms with Crippen molar-refractivity contribution in [3.63, 3.8) is 0 Å². The molecule has 0 aromatic carbocycles. The number of nitrogens with one attached hydrogen (secondary N) is 1. The van der Waals surface area contributed by atoms with Crippen LogP contribution in [0.15, 0.2) is 10.9 Å². The molecule has 1 aromatic rings. The topological polar surface area (TPSA) is 76.0 Å². The third-order valence-corrected chi connectivity index (χ3v) is 1.42. The number of nitro groups is 1. The number of nitrogens with zero attached hydrogens (tertiary/aromatic N) is 1. The number of aromatic amines is 1. The third-order valence-electron chi connectivity index (χ3n) is 1.42. The summed E-state index contributed by atoms with van der Waals surface area (Å²) in [6.07, 6.45) is -3.27. The molecular formula is C6H3F3N2O3. The molecule has 0 saturated heterocycles. The highest BCUT2D eigenvalue weighted by Gasteiger charge is 2.27. The Labute approximate surface area is 74.3 Å². The maximum absolute atomic E-state index is 12.7. The number of halogens is 3. The summed E-state index contributed by atoms with van der Waals surface area (Å²) >= 11 is 0. The summed E-state index contributed by atoms with van der Waals surface area (Å²) in [5.74, 6) is -1.67. The first-order valence-electron chi connectivity index (χ1n) is 3.28. The predicted octanol–water partition coefficient (Wildman–Crippen LogP) is 1.36. The predicted molar refractivity (Wildman–Crippen MR) is 38.6 cm³/mol.